The summed E-state index contributed by atoms with van der Waals surface area (Å²) in [6.07, 6.45) is 0. The van der Waals surface area contributed by atoms with E-state index < -0.39 is 0 Å². The van der Waals surface area contributed by atoms with Crippen molar-refractivity contribution in [2.75, 3.05) is 0 Å². The molecule has 0 aliphatic carbocycles. The fourth-order valence-corrected chi connectivity index (χ4v) is 8.62. The Morgan fingerprint density at radius 3 is 1.55 bits per heavy atom. The third-order valence-corrected chi connectivity index (χ3v) is 11.2. The molecular weight excluding hydrogens is 677 g/mol. The Bertz CT molecular complexity index is 3290. The van der Waals surface area contributed by atoms with Crippen molar-refractivity contribution >= 4 is 53.9 Å². The van der Waals surface area contributed by atoms with Gasteiger partial charge in [-0.2, -0.15) is 0 Å². The van der Waals surface area contributed by atoms with E-state index in [9.17, 15) is 0 Å². The van der Waals surface area contributed by atoms with Gasteiger partial charge in [-0.1, -0.05) is 188 Å². The summed E-state index contributed by atoms with van der Waals surface area (Å²) in [6, 6.07) is 74.1. The van der Waals surface area contributed by atoms with Gasteiger partial charge >= 0.3 is 0 Å². The molecule has 0 unspecified atom stereocenters. The summed E-state index contributed by atoms with van der Waals surface area (Å²) in [6.45, 7) is 0. The topological polar surface area (TPSA) is 25.8 Å². The van der Waals surface area contributed by atoms with E-state index in [0.717, 1.165) is 33.5 Å². The Labute approximate surface area is 325 Å². The highest BCUT2D eigenvalue weighted by atomic mass is 14.9. The molecule has 0 atom stereocenters. The maximum atomic E-state index is 5.17. The Hall–Kier alpha value is -7.42. The first-order chi connectivity index (χ1) is 27.8. The van der Waals surface area contributed by atoms with Gasteiger partial charge in [-0.3, -0.25) is 0 Å². The van der Waals surface area contributed by atoms with Crippen LogP contribution in [0.3, 0.4) is 0 Å². The quantitative estimate of drug-likeness (QED) is 0.131. The second kappa shape index (κ2) is 13.2. The Kier molecular flexibility index (Phi) is 7.53. The van der Waals surface area contributed by atoms with Gasteiger partial charge in [0.2, 0.25) is 0 Å². The van der Waals surface area contributed by atoms with E-state index >= 15 is 0 Å². The van der Waals surface area contributed by atoms with Crippen LogP contribution in [0.2, 0.25) is 0 Å². The third-order valence-electron chi connectivity index (χ3n) is 11.2. The number of aromatic nitrogens is 2. The SMILES string of the molecule is c1ccc(-c2nc(-c3ccc4cc(-c5c6ccccc6c(-c6ccccc6)c6ccc7ccccc7c56)ccc4c3)cc(-c3cccc4ccccc34)n2)cc1. The van der Waals surface area contributed by atoms with Crippen molar-refractivity contribution < 1.29 is 0 Å². The molecular formula is C54H34N2. The van der Waals surface area contributed by atoms with Gasteiger partial charge in [-0.15, -0.1) is 0 Å². The smallest absolute Gasteiger partial charge is 0.160 e. The second-order valence-corrected chi connectivity index (χ2v) is 14.5. The van der Waals surface area contributed by atoms with Crippen molar-refractivity contribution in [1.82, 2.24) is 9.97 Å². The number of nitrogens with zero attached hydrogens (tertiary/aromatic N) is 2. The lowest BCUT2D eigenvalue weighted by atomic mass is 9.83. The normalized spacial score (nSPS) is 11.6. The molecule has 0 saturated carbocycles. The molecule has 1 aromatic heterocycles. The zero-order valence-electron chi connectivity index (χ0n) is 30.5. The Morgan fingerprint density at radius 2 is 0.804 bits per heavy atom. The van der Waals surface area contributed by atoms with E-state index in [0.29, 0.717) is 5.82 Å². The van der Waals surface area contributed by atoms with Crippen LogP contribution in [0.5, 0.6) is 0 Å². The number of hydrogen-bond donors (Lipinski definition) is 0. The summed E-state index contributed by atoms with van der Waals surface area (Å²) >= 11 is 0. The molecule has 0 radical (unpaired) electrons. The highest BCUT2D eigenvalue weighted by Gasteiger charge is 2.19. The van der Waals surface area contributed by atoms with Crippen LogP contribution in [0, 0.1) is 0 Å². The summed E-state index contributed by atoms with van der Waals surface area (Å²) in [5.41, 5.74) is 9.92. The predicted molar refractivity (Wildman–Crippen MR) is 237 cm³/mol. The minimum absolute atomic E-state index is 0.714. The molecule has 0 aliphatic rings. The number of rotatable bonds is 5. The fraction of sp³-hybridized carbons (Fsp3) is 0. The van der Waals surface area contributed by atoms with E-state index in [1.807, 2.05) is 18.2 Å². The van der Waals surface area contributed by atoms with Crippen LogP contribution in [0.25, 0.3) is 110 Å². The first kappa shape index (κ1) is 32.0. The standard InChI is InChI=1S/C54H34N2/c1-3-16-37(17-4-1)51-46-23-11-12-24-47(46)52(53-44-22-10-8-15-36(44)30-31-48(51)53)42-29-27-39-32-41(28-26-40(39)33-42)49-34-50(56-54(55-49)38-18-5-2-6-19-38)45-25-13-20-35-14-7-9-21-43(35)45/h1-34H. The number of hydrogen-bond acceptors (Lipinski definition) is 2. The lowest BCUT2D eigenvalue weighted by Gasteiger charge is -2.19. The molecule has 0 N–H and O–H groups in total. The molecule has 11 rings (SSSR count). The van der Waals surface area contributed by atoms with Crippen molar-refractivity contribution in [3.8, 4) is 56.2 Å². The van der Waals surface area contributed by atoms with E-state index in [1.54, 1.807) is 0 Å². The summed E-state index contributed by atoms with van der Waals surface area (Å²) in [5, 5.41) is 12.3. The predicted octanol–water partition coefficient (Wildman–Crippen LogP) is 14.6. The second-order valence-electron chi connectivity index (χ2n) is 14.5. The molecule has 10 aromatic carbocycles. The number of benzene rings is 10. The first-order valence-electron chi connectivity index (χ1n) is 19.2. The highest BCUT2D eigenvalue weighted by Crippen LogP contribution is 2.46. The minimum Gasteiger partial charge on any atom is -0.228 e. The van der Waals surface area contributed by atoms with Crippen LogP contribution >= 0.6 is 0 Å². The van der Waals surface area contributed by atoms with Gasteiger partial charge in [0.05, 0.1) is 11.4 Å². The van der Waals surface area contributed by atoms with Crippen molar-refractivity contribution in [2.24, 2.45) is 0 Å². The largest absolute Gasteiger partial charge is 0.228 e. The molecule has 0 aliphatic heterocycles. The maximum Gasteiger partial charge on any atom is 0.160 e. The van der Waals surface area contributed by atoms with Crippen molar-refractivity contribution in [1.29, 1.82) is 0 Å². The van der Waals surface area contributed by atoms with Crippen LogP contribution < -0.4 is 0 Å². The molecule has 2 nitrogen and oxygen atoms in total. The van der Waals surface area contributed by atoms with Gasteiger partial charge in [0.1, 0.15) is 0 Å². The molecule has 2 heteroatoms. The fourth-order valence-electron chi connectivity index (χ4n) is 8.62. The van der Waals surface area contributed by atoms with Crippen LogP contribution in [0.4, 0.5) is 0 Å². The van der Waals surface area contributed by atoms with Crippen LogP contribution in [-0.4, -0.2) is 9.97 Å². The molecule has 260 valence electrons. The van der Waals surface area contributed by atoms with Crippen molar-refractivity contribution in [2.45, 2.75) is 0 Å². The summed E-state index contributed by atoms with van der Waals surface area (Å²) in [7, 11) is 0. The summed E-state index contributed by atoms with van der Waals surface area (Å²) < 4.78 is 0. The van der Waals surface area contributed by atoms with E-state index in [4.69, 9.17) is 9.97 Å². The molecule has 0 fully saturated rings. The third kappa shape index (κ3) is 5.34. The van der Waals surface area contributed by atoms with Gasteiger partial charge < -0.3 is 0 Å². The van der Waals surface area contributed by atoms with Gasteiger partial charge in [-0.05, 0) is 94.3 Å². The van der Waals surface area contributed by atoms with Crippen molar-refractivity contribution in [3.05, 3.63) is 206 Å². The lowest BCUT2D eigenvalue weighted by Crippen LogP contribution is -1.96. The molecule has 0 saturated heterocycles. The summed E-state index contributed by atoms with van der Waals surface area (Å²) in [4.78, 5) is 10.3. The van der Waals surface area contributed by atoms with Crippen LogP contribution in [-0.2, 0) is 0 Å². The van der Waals surface area contributed by atoms with Gasteiger partial charge in [0.15, 0.2) is 5.82 Å². The maximum absolute atomic E-state index is 5.17. The lowest BCUT2D eigenvalue weighted by molar-refractivity contribution is 1.19. The summed E-state index contributed by atoms with van der Waals surface area (Å²) in [5.74, 6) is 0.714. The van der Waals surface area contributed by atoms with Gasteiger partial charge in [-0.25, -0.2) is 9.97 Å². The van der Waals surface area contributed by atoms with Gasteiger partial charge in [0, 0.05) is 16.7 Å². The molecule has 11 aromatic rings. The Morgan fingerprint density at radius 1 is 0.268 bits per heavy atom. The first-order valence-corrected chi connectivity index (χ1v) is 19.2. The molecule has 56 heavy (non-hydrogen) atoms. The highest BCUT2D eigenvalue weighted by molar-refractivity contribution is 6.28. The minimum atomic E-state index is 0.714. The van der Waals surface area contributed by atoms with E-state index in [2.05, 4.69) is 188 Å². The average molecular weight is 711 g/mol. The van der Waals surface area contributed by atoms with E-state index in [-0.39, 0.29) is 0 Å². The van der Waals surface area contributed by atoms with E-state index in [1.165, 1.54) is 70.7 Å². The Balaban J connectivity index is 1.11. The molecule has 1 heterocycles. The number of fused-ring (bicyclic) bond motifs is 6. The van der Waals surface area contributed by atoms with Gasteiger partial charge in [0.25, 0.3) is 0 Å². The zero-order valence-corrected chi connectivity index (χ0v) is 30.5. The molecule has 0 bridgehead atoms. The van der Waals surface area contributed by atoms with Crippen LogP contribution in [0.1, 0.15) is 0 Å². The average Bonchev–Trinajstić information content (AvgIpc) is 3.28. The monoisotopic (exact) mass is 710 g/mol. The molecule has 0 amide bonds. The zero-order chi connectivity index (χ0) is 37.0. The van der Waals surface area contributed by atoms with Crippen molar-refractivity contribution in [3.63, 3.8) is 0 Å². The molecule has 0 spiro atoms. The van der Waals surface area contributed by atoms with Crippen LogP contribution in [0.15, 0.2) is 206 Å².